The van der Waals surface area contributed by atoms with E-state index in [4.69, 9.17) is 0 Å². The molecule has 1 saturated heterocycles. The number of hydrogen-bond acceptors (Lipinski definition) is 5. The van der Waals surface area contributed by atoms with Crippen molar-refractivity contribution in [3.63, 3.8) is 0 Å². The molecule has 1 fully saturated rings. The van der Waals surface area contributed by atoms with Gasteiger partial charge >= 0.3 is 12.1 Å². The highest BCUT2D eigenvalue weighted by Gasteiger charge is 2.34. The van der Waals surface area contributed by atoms with Crippen LogP contribution in [0.5, 0.6) is 0 Å². The van der Waals surface area contributed by atoms with Crippen molar-refractivity contribution in [3.05, 3.63) is 47.2 Å². The van der Waals surface area contributed by atoms with E-state index in [2.05, 4.69) is 15.3 Å². The number of aliphatic carboxylic acids is 1. The second-order valence-electron chi connectivity index (χ2n) is 8.89. The van der Waals surface area contributed by atoms with E-state index in [0.29, 0.717) is 25.1 Å². The highest BCUT2D eigenvalue weighted by molar-refractivity contribution is 5.90. The Hall–Kier alpha value is -3.17. The number of hydrogen-bond donors (Lipinski definition) is 2. The first kappa shape index (κ1) is 24.5. The van der Waals surface area contributed by atoms with E-state index in [9.17, 15) is 27.9 Å². The number of piperidine rings is 1. The quantitative estimate of drug-likeness (QED) is 0.634. The van der Waals surface area contributed by atoms with E-state index in [-0.39, 0.29) is 18.2 Å². The molecule has 2 N–H and O–H groups in total. The van der Waals surface area contributed by atoms with Gasteiger partial charge in [0.1, 0.15) is 5.82 Å². The monoisotopic (exact) mass is 464 g/mol. The van der Waals surface area contributed by atoms with Gasteiger partial charge in [0.05, 0.1) is 11.8 Å². The molecule has 7 nitrogen and oxygen atoms in total. The zero-order chi connectivity index (χ0) is 24.2. The first-order valence-electron chi connectivity index (χ1n) is 10.8. The van der Waals surface area contributed by atoms with Crippen molar-refractivity contribution in [1.29, 1.82) is 0 Å². The predicted octanol–water partition coefficient (Wildman–Crippen LogP) is 4.32. The van der Waals surface area contributed by atoms with E-state index >= 15 is 0 Å². The van der Waals surface area contributed by atoms with Crippen molar-refractivity contribution in [2.75, 3.05) is 23.3 Å². The standard InChI is InChI=1S/C23H27F3N4O3/c1-22(2,20(32)33)14-16-8-6-15(7-9-16)12-19(31)29-21-27-17(23(24,25)26)13-18(28-21)30-10-4-3-5-11-30/h6-9,13H,3-5,10-12,14H2,1-2H3,(H,32,33)(H,27,28,29,31). The normalized spacial score (nSPS) is 14.8. The molecule has 1 aromatic carbocycles. The number of carboxylic acid groups (broad SMARTS) is 1. The summed E-state index contributed by atoms with van der Waals surface area (Å²) in [7, 11) is 0. The van der Waals surface area contributed by atoms with E-state index in [0.717, 1.165) is 30.9 Å². The number of carbonyl (C=O) groups excluding carboxylic acids is 1. The van der Waals surface area contributed by atoms with Crippen LogP contribution < -0.4 is 10.2 Å². The molecule has 1 aliphatic rings. The summed E-state index contributed by atoms with van der Waals surface area (Å²) in [4.78, 5) is 33.2. The lowest BCUT2D eigenvalue weighted by atomic mass is 9.86. The Bertz CT molecular complexity index is 1000. The first-order valence-corrected chi connectivity index (χ1v) is 10.8. The third-order valence-corrected chi connectivity index (χ3v) is 5.55. The van der Waals surface area contributed by atoms with Crippen LogP contribution in [0.3, 0.4) is 0 Å². The lowest BCUT2D eigenvalue weighted by Crippen LogP contribution is -2.31. The van der Waals surface area contributed by atoms with E-state index in [1.807, 2.05) is 0 Å². The Balaban J connectivity index is 1.71. The zero-order valence-corrected chi connectivity index (χ0v) is 18.6. The molecule has 0 atom stereocenters. The smallest absolute Gasteiger partial charge is 0.433 e. The molecular weight excluding hydrogens is 437 g/mol. The average Bonchev–Trinajstić information content (AvgIpc) is 2.74. The summed E-state index contributed by atoms with van der Waals surface area (Å²) in [5.74, 6) is -1.68. The van der Waals surface area contributed by atoms with Crippen molar-refractivity contribution in [2.24, 2.45) is 5.41 Å². The van der Waals surface area contributed by atoms with Crippen molar-refractivity contribution in [3.8, 4) is 0 Å². The molecule has 0 spiro atoms. The van der Waals surface area contributed by atoms with Gasteiger partial charge in [0.25, 0.3) is 0 Å². The Morgan fingerprint density at radius 1 is 1.03 bits per heavy atom. The van der Waals surface area contributed by atoms with Gasteiger partial charge in [0, 0.05) is 19.2 Å². The van der Waals surface area contributed by atoms with Gasteiger partial charge in [0.2, 0.25) is 11.9 Å². The van der Waals surface area contributed by atoms with Crippen molar-refractivity contribution < 1.29 is 27.9 Å². The lowest BCUT2D eigenvalue weighted by Gasteiger charge is -2.28. The topological polar surface area (TPSA) is 95.4 Å². The second kappa shape index (κ2) is 9.76. The molecule has 0 bridgehead atoms. The minimum Gasteiger partial charge on any atom is -0.481 e. The third-order valence-electron chi connectivity index (χ3n) is 5.55. The first-order chi connectivity index (χ1) is 15.4. The van der Waals surface area contributed by atoms with E-state index < -0.39 is 29.2 Å². The molecule has 0 radical (unpaired) electrons. The van der Waals surface area contributed by atoms with Gasteiger partial charge in [-0.2, -0.15) is 18.2 Å². The molecule has 1 amide bonds. The fourth-order valence-corrected chi connectivity index (χ4v) is 3.64. The highest BCUT2D eigenvalue weighted by Crippen LogP contribution is 2.31. The zero-order valence-electron chi connectivity index (χ0n) is 18.6. The average molecular weight is 464 g/mol. The van der Waals surface area contributed by atoms with Gasteiger partial charge in [-0.25, -0.2) is 4.98 Å². The summed E-state index contributed by atoms with van der Waals surface area (Å²) in [6.07, 6.45) is -1.66. The third kappa shape index (κ3) is 6.66. The van der Waals surface area contributed by atoms with Gasteiger partial charge in [-0.05, 0) is 50.7 Å². The number of anilines is 2. The molecule has 3 rings (SSSR count). The van der Waals surface area contributed by atoms with Crippen LogP contribution in [0.25, 0.3) is 0 Å². The molecule has 33 heavy (non-hydrogen) atoms. The molecule has 2 aromatic rings. The number of alkyl halides is 3. The van der Waals surface area contributed by atoms with Crippen LogP contribution in [0.15, 0.2) is 30.3 Å². The van der Waals surface area contributed by atoms with Crippen LogP contribution in [-0.4, -0.2) is 40.0 Å². The Morgan fingerprint density at radius 2 is 1.64 bits per heavy atom. The maximum atomic E-state index is 13.3. The summed E-state index contributed by atoms with van der Waals surface area (Å²) < 4.78 is 40.0. The number of halogens is 3. The van der Waals surface area contributed by atoms with Gasteiger partial charge in [-0.3, -0.25) is 14.9 Å². The Morgan fingerprint density at radius 3 is 2.21 bits per heavy atom. The number of amides is 1. The van der Waals surface area contributed by atoms with Crippen molar-refractivity contribution >= 4 is 23.6 Å². The molecule has 0 saturated carbocycles. The number of carboxylic acids is 1. The molecule has 1 aliphatic heterocycles. The molecule has 2 heterocycles. The van der Waals surface area contributed by atoms with Gasteiger partial charge in [-0.15, -0.1) is 0 Å². The SMILES string of the molecule is CC(C)(Cc1ccc(CC(=O)Nc2nc(N3CCCCC3)cc(C(F)(F)F)n2)cc1)C(=O)O. The van der Waals surface area contributed by atoms with Gasteiger partial charge in [0.15, 0.2) is 5.69 Å². The van der Waals surface area contributed by atoms with Gasteiger partial charge < -0.3 is 10.0 Å². The number of carbonyl (C=O) groups is 2. The summed E-state index contributed by atoms with van der Waals surface area (Å²) in [6, 6.07) is 7.78. The summed E-state index contributed by atoms with van der Waals surface area (Å²) >= 11 is 0. The Kier molecular flexibility index (Phi) is 7.24. The maximum Gasteiger partial charge on any atom is 0.433 e. The highest BCUT2D eigenvalue weighted by atomic mass is 19.4. The number of rotatable bonds is 7. The number of aromatic nitrogens is 2. The van der Waals surface area contributed by atoms with E-state index in [1.54, 1.807) is 43.0 Å². The van der Waals surface area contributed by atoms with E-state index in [1.165, 1.54) is 0 Å². The van der Waals surface area contributed by atoms with Gasteiger partial charge in [-0.1, -0.05) is 24.3 Å². The summed E-state index contributed by atoms with van der Waals surface area (Å²) in [6.45, 7) is 4.47. The molecule has 0 aliphatic carbocycles. The second-order valence-corrected chi connectivity index (χ2v) is 8.89. The van der Waals surface area contributed by atoms with Crippen LogP contribution in [0.4, 0.5) is 24.9 Å². The van der Waals surface area contributed by atoms with Crippen molar-refractivity contribution in [2.45, 2.75) is 52.1 Å². The van der Waals surface area contributed by atoms with Crippen molar-refractivity contribution in [1.82, 2.24) is 9.97 Å². The maximum absolute atomic E-state index is 13.3. The van der Waals surface area contributed by atoms with Crippen LogP contribution >= 0.6 is 0 Å². The molecule has 1 aromatic heterocycles. The summed E-state index contributed by atoms with van der Waals surface area (Å²) in [5.41, 5.74) is -0.587. The molecular formula is C23H27F3N4O3. The van der Waals surface area contributed by atoms with Crippen LogP contribution in [0.1, 0.15) is 49.9 Å². The fraction of sp³-hybridized carbons (Fsp3) is 0.478. The number of nitrogens with one attached hydrogen (secondary N) is 1. The molecule has 178 valence electrons. The van der Waals surface area contributed by atoms with Crippen LogP contribution in [0.2, 0.25) is 0 Å². The predicted molar refractivity (Wildman–Crippen MR) is 117 cm³/mol. The van der Waals surface area contributed by atoms with Crippen LogP contribution in [-0.2, 0) is 28.6 Å². The Labute approximate surface area is 190 Å². The fourth-order valence-electron chi connectivity index (χ4n) is 3.64. The number of nitrogens with zero attached hydrogens (tertiary/aromatic N) is 3. The minimum absolute atomic E-state index is 0.0821. The minimum atomic E-state index is -4.66. The largest absolute Gasteiger partial charge is 0.481 e. The summed E-state index contributed by atoms with van der Waals surface area (Å²) in [5, 5.41) is 11.6. The number of benzene rings is 1. The molecule has 0 unspecified atom stereocenters. The van der Waals surface area contributed by atoms with Crippen LogP contribution in [0, 0.1) is 5.41 Å². The molecule has 10 heteroatoms. The lowest BCUT2D eigenvalue weighted by molar-refractivity contribution is -0.146.